The van der Waals surface area contributed by atoms with Gasteiger partial charge in [0.1, 0.15) is 5.52 Å². The van der Waals surface area contributed by atoms with Crippen molar-refractivity contribution in [3.8, 4) is 11.5 Å². The lowest BCUT2D eigenvalue weighted by Crippen LogP contribution is -2.04. The second-order valence-corrected chi connectivity index (χ2v) is 4.32. The van der Waals surface area contributed by atoms with Gasteiger partial charge in [0.05, 0.1) is 5.56 Å². The van der Waals surface area contributed by atoms with Crippen LogP contribution < -0.4 is 5.73 Å². The van der Waals surface area contributed by atoms with E-state index in [9.17, 15) is 13.2 Å². The van der Waals surface area contributed by atoms with Crippen LogP contribution in [0.4, 0.5) is 18.9 Å². The van der Waals surface area contributed by atoms with Gasteiger partial charge in [-0.25, -0.2) is 4.98 Å². The first kappa shape index (κ1) is 12.5. The molecule has 3 aromatic rings. The Morgan fingerprint density at radius 2 is 1.85 bits per heavy atom. The molecule has 3 nitrogen and oxygen atoms in total. The zero-order valence-corrected chi connectivity index (χ0v) is 10.1. The lowest BCUT2D eigenvalue weighted by molar-refractivity contribution is -0.137. The predicted molar refractivity (Wildman–Crippen MR) is 68.9 cm³/mol. The number of fused-ring (bicyclic) bond motifs is 1. The van der Waals surface area contributed by atoms with E-state index in [1.54, 1.807) is 18.2 Å². The monoisotopic (exact) mass is 278 g/mol. The van der Waals surface area contributed by atoms with E-state index >= 15 is 0 Å². The highest BCUT2D eigenvalue weighted by molar-refractivity contribution is 5.79. The summed E-state index contributed by atoms with van der Waals surface area (Å²) in [5, 5.41) is 0. The highest BCUT2D eigenvalue weighted by Gasteiger charge is 2.30. The molecular weight excluding hydrogens is 269 g/mol. The Hall–Kier alpha value is -2.50. The summed E-state index contributed by atoms with van der Waals surface area (Å²) in [6, 6.07) is 9.73. The number of nitrogen functional groups attached to an aromatic ring is 1. The van der Waals surface area contributed by atoms with E-state index in [2.05, 4.69) is 4.98 Å². The molecule has 0 amide bonds. The number of halogens is 3. The van der Waals surface area contributed by atoms with E-state index in [4.69, 9.17) is 10.2 Å². The normalized spacial score (nSPS) is 11.9. The molecule has 0 spiro atoms. The average Bonchev–Trinajstić information content (AvgIpc) is 2.81. The fourth-order valence-electron chi connectivity index (χ4n) is 1.90. The molecule has 0 fully saturated rings. The highest BCUT2D eigenvalue weighted by Crippen LogP contribution is 2.33. The van der Waals surface area contributed by atoms with E-state index in [1.807, 2.05) is 0 Å². The van der Waals surface area contributed by atoms with E-state index in [0.29, 0.717) is 16.8 Å². The van der Waals surface area contributed by atoms with Gasteiger partial charge in [0.15, 0.2) is 5.58 Å². The lowest BCUT2D eigenvalue weighted by Gasteiger charge is -2.06. The van der Waals surface area contributed by atoms with Crippen LogP contribution in [0.25, 0.3) is 22.6 Å². The molecule has 0 saturated heterocycles. The molecule has 2 aromatic carbocycles. The third kappa shape index (κ3) is 2.20. The minimum absolute atomic E-state index is 0.136. The van der Waals surface area contributed by atoms with Crippen molar-refractivity contribution in [3.05, 3.63) is 48.0 Å². The molecule has 1 heterocycles. The van der Waals surface area contributed by atoms with Crippen molar-refractivity contribution >= 4 is 16.8 Å². The van der Waals surface area contributed by atoms with Gasteiger partial charge in [-0.3, -0.25) is 0 Å². The van der Waals surface area contributed by atoms with Gasteiger partial charge in [-0.05, 0) is 36.4 Å². The Labute approximate surface area is 111 Å². The molecule has 3 rings (SSSR count). The van der Waals surface area contributed by atoms with Crippen LogP contribution in [0.5, 0.6) is 0 Å². The number of hydrogen-bond acceptors (Lipinski definition) is 3. The van der Waals surface area contributed by atoms with Crippen molar-refractivity contribution in [2.75, 3.05) is 5.73 Å². The maximum Gasteiger partial charge on any atom is 0.416 e. The largest absolute Gasteiger partial charge is 0.436 e. The van der Waals surface area contributed by atoms with Gasteiger partial charge in [-0.15, -0.1) is 0 Å². The Morgan fingerprint density at radius 1 is 1.05 bits per heavy atom. The molecule has 0 unspecified atom stereocenters. The minimum Gasteiger partial charge on any atom is -0.436 e. The molecule has 0 aliphatic carbocycles. The van der Waals surface area contributed by atoms with Gasteiger partial charge >= 0.3 is 6.18 Å². The van der Waals surface area contributed by atoms with Gasteiger partial charge in [0.2, 0.25) is 5.89 Å². The molecule has 0 bridgehead atoms. The Bertz CT molecular complexity index is 777. The number of oxazole rings is 1. The van der Waals surface area contributed by atoms with E-state index in [1.165, 1.54) is 12.1 Å². The zero-order chi connectivity index (χ0) is 14.3. The molecule has 0 aliphatic heterocycles. The Morgan fingerprint density at radius 3 is 2.60 bits per heavy atom. The SMILES string of the molecule is Nc1ccc2oc(-c3cccc(C(F)(F)F)c3)nc2c1. The molecule has 20 heavy (non-hydrogen) atoms. The number of alkyl halides is 3. The predicted octanol–water partition coefficient (Wildman–Crippen LogP) is 4.10. The molecule has 0 radical (unpaired) electrons. The third-order valence-electron chi connectivity index (χ3n) is 2.85. The molecule has 102 valence electrons. The fourth-order valence-corrected chi connectivity index (χ4v) is 1.90. The van der Waals surface area contributed by atoms with Crippen LogP contribution in [0.2, 0.25) is 0 Å². The van der Waals surface area contributed by atoms with Gasteiger partial charge < -0.3 is 10.2 Å². The standard InChI is InChI=1S/C14H9F3N2O/c15-14(16,17)9-3-1-2-8(6-9)13-19-11-7-10(18)4-5-12(11)20-13/h1-7H,18H2. The van der Waals surface area contributed by atoms with Crippen LogP contribution in [-0.2, 0) is 6.18 Å². The second kappa shape index (κ2) is 4.26. The van der Waals surface area contributed by atoms with Gasteiger partial charge in [-0.1, -0.05) is 6.07 Å². The molecule has 1 aromatic heterocycles. The zero-order valence-electron chi connectivity index (χ0n) is 10.1. The first-order valence-electron chi connectivity index (χ1n) is 5.77. The number of anilines is 1. The van der Waals surface area contributed by atoms with Gasteiger partial charge in [-0.2, -0.15) is 13.2 Å². The Balaban J connectivity index is 2.11. The number of nitrogens with two attached hydrogens (primary N) is 1. The molecule has 2 N–H and O–H groups in total. The molecule has 0 saturated carbocycles. The highest BCUT2D eigenvalue weighted by atomic mass is 19.4. The van der Waals surface area contributed by atoms with Crippen LogP contribution >= 0.6 is 0 Å². The summed E-state index contributed by atoms with van der Waals surface area (Å²) < 4.78 is 43.5. The van der Waals surface area contributed by atoms with Crippen LogP contribution in [0, 0.1) is 0 Å². The summed E-state index contributed by atoms with van der Waals surface area (Å²) >= 11 is 0. The van der Waals surface area contributed by atoms with Crippen LogP contribution in [-0.4, -0.2) is 4.98 Å². The fraction of sp³-hybridized carbons (Fsp3) is 0.0714. The molecular formula is C14H9F3N2O. The topological polar surface area (TPSA) is 52.0 Å². The summed E-state index contributed by atoms with van der Waals surface area (Å²) in [6.07, 6.45) is -4.40. The second-order valence-electron chi connectivity index (χ2n) is 4.32. The van der Waals surface area contributed by atoms with Crippen molar-refractivity contribution in [3.63, 3.8) is 0 Å². The number of nitrogens with zero attached hydrogens (tertiary/aromatic N) is 1. The summed E-state index contributed by atoms with van der Waals surface area (Å²) in [4.78, 5) is 4.15. The summed E-state index contributed by atoms with van der Waals surface area (Å²) in [5.74, 6) is 0.136. The summed E-state index contributed by atoms with van der Waals surface area (Å²) in [5.41, 5.74) is 6.66. The van der Waals surface area contributed by atoms with Crippen molar-refractivity contribution in [1.29, 1.82) is 0 Å². The van der Waals surface area contributed by atoms with Crippen molar-refractivity contribution in [2.45, 2.75) is 6.18 Å². The molecule has 0 atom stereocenters. The first-order chi connectivity index (χ1) is 9.43. The van der Waals surface area contributed by atoms with E-state index in [0.717, 1.165) is 12.1 Å². The van der Waals surface area contributed by atoms with Crippen LogP contribution in [0.15, 0.2) is 46.9 Å². The maximum atomic E-state index is 12.7. The maximum absolute atomic E-state index is 12.7. The van der Waals surface area contributed by atoms with E-state index in [-0.39, 0.29) is 11.5 Å². The lowest BCUT2D eigenvalue weighted by atomic mass is 10.1. The van der Waals surface area contributed by atoms with Crippen molar-refractivity contribution in [1.82, 2.24) is 4.98 Å². The molecule has 0 aliphatic rings. The van der Waals surface area contributed by atoms with Gasteiger partial charge in [0, 0.05) is 11.3 Å². The van der Waals surface area contributed by atoms with Gasteiger partial charge in [0.25, 0.3) is 0 Å². The average molecular weight is 278 g/mol. The van der Waals surface area contributed by atoms with E-state index < -0.39 is 11.7 Å². The summed E-state index contributed by atoms with van der Waals surface area (Å²) in [7, 11) is 0. The minimum atomic E-state index is -4.40. The Kier molecular flexibility index (Phi) is 2.67. The van der Waals surface area contributed by atoms with Crippen molar-refractivity contribution in [2.24, 2.45) is 0 Å². The number of benzene rings is 2. The third-order valence-corrected chi connectivity index (χ3v) is 2.85. The number of aromatic nitrogens is 1. The van der Waals surface area contributed by atoms with Crippen molar-refractivity contribution < 1.29 is 17.6 Å². The number of hydrogen-bond donors (Lipinski definition) is 1. The first-order valence-corrected chi connectivity index (χ1v) is 5.77. The van der Waals surface area contributed by atoms with Crippen LogP contribution in [0.3, 0.4) is 0 Å². The van der Waals surface area contributed by atoms with Crippen LogP contribution in [0.1, 0.15) is 5.56 Å². The molecule has 6 heteroatoms. The quantitative estimate of drug-likeness (QED) is 0.682. The smallest absolute Gasteiger partial charge is 0.416 e. The number of rotatable bonds is 1. The summed E-state index contributed by atoms with van der Waals surface area (Å²) in [6.45, 7) is 0.